The molecule has 0 fully saturated rings. The number of aryl methyl sites for hydroxylation is 1. The predicted octanol–water partition coefficient (Wildman–Crippen LogP) is 3.08. The molecule has 0 aliphatic carbocycles. The molecule has 0 radical (unpaired) electrons. The van der Waals surface area contributed by atoms with Crippen LogP contribution in [-0.4, -0.2) is 6.54 Å². The molecule has 2 rings (SSSR count). The molecule has 0 aliphatic rings. The highest BCUT2D eigenvalue weighted by Crippen LogP contribution is 2.20. The fourth-order valence-corrected chi connectivity index (χ4v) is 2.22. The number of rotatable bonds is 3. The van der Waals surface area contributed by atoms with Crippen molar-refractivity contribution >= 4 is 11.3 Å². The standard InChI is InChI=1S/C15H14FNOS/c1-11-4-5-13(8-15(11)16)18-9-14-7-12(10-19-14)3-2-6-17/h4-5,7-8,10H,6,9,17H2,1H3. The first-order valence-electron chi connectivity index (χ1n) is 5.84. The molecule has 0 spiro atoms. The molecule has 1 aromatic heterocycles. The monoisotopic (exact) mass is 275 g/mol. The van der Waals surface area contributed by atoms with Gasteiger partial charge in [0.15, 0.2) is 0 Å². The third kappa shape index (κ3) is 3.82. The summed E-state index contributed by atoms with van der Waals surface area (Å²) >= 11 is 1.56. The van der Waals surface area contributed by atoms with Gasteiger partial charge < -0.3 is 10.5 Å². The van der Waals surface area contributed by atoms with Crippen molar-refractivity contribution in [2.45, 2.75) is 13.5 Å². The summed E-state index contributed by atoms with van der Waals surface area (Å²) in [6, 6.07) is 6.83. The van der Waals surface area contributed by atoms with E-state index in [1.807, 2.05) is 11.4 Å². The van der Waals surface area contributed by atoms with Crippen molar-refractivity contribution in [1.82, 2.24) is 0 Å². The third-order valence-electron chi connectivity index (χ3n) is 2.51. The summed E-state index contributed by atoms with van der Waals surface area (Å²) < 4.78 is 18.9. The van der Waals surface area contributed by atoms with Crippen LogP contribution in [0.3, 0.4) is 0 Å². The van der Waals surface area contributed by atoms with Crippen LogP contribution in [0, 0.1) is 24.6 Å². The Morgan fingerprint density at radius 1 is 1.37 bits per heavy atom. The topological polar surface area (TPSA) is 35.2 Å². The molecule has 0 saturated carbocycles. The zero-order chi connectivity index (χ0) is 13.7. The van der Waals surface area contributed by atoms with Crippen LogP contribution in [0.5, 0.6) is 5.75 Å². The van der Waals surface area contributed by atoms with Gasteiger partial charge in [0.25, 0.3) is 0 Å². The smallest absolute Gasteiger partial charge is 0.129 e. The second-order valence-electron chi connectivity index (χ2n) is 4.01. The fraction of sp³-hybridized carbons (Fsp3) is 0.200. The minimum Gasteiger partial charge on any atom is -0.488 e. The van der Waals surface area contributed by atoms with Crippen LogP contribution in [0.25, 0.3) is 0 Å². The maximum absolute atomic E-state index is 13.3. The second kappa shape index (κ2) is 6.37. The number of benzene rings is 1. The van der Waals surface area contributed by atoms with Crippen LogP contribution >= 0.6 is 11.3 Å². The molecule has 2 N–H and O–H groups in total. The Labute approximate surface area is 116 Å². The van der Waals surface area contributed by atoms with Gasteiger partial charge >= 0.3 is 0 Å². The highest BCUT2D eigenvalue weighted by Gasteiger charge is 2.02. The van der Waals surface area contributed by atoms with Crippen LogP contribution < -0.4 is 10.5 Å². The molecule has 0 unspecified atom stereocenters. The van der Waals surface area contributed by atoms with Crippen molar-refractivity contribution in [3.63, 3.8) is 0 Å². The van der Waals surface area contributed by atoms with Crippen molar-refractivity contribution in [3.8, 4) is 17.6 Å². The first kappa shape index (κ1) is 13.6. The lowest BCUT2D eigenvalue weighted by atomic mass is 10.2. The molecule has 0 bridgehead atoms. The number of hydrogen-bond donors (Lipinski definition) is 1. The molecule has 1 heterocycles. The van der Waals surface area contributed by atoms with Gasteiger partial charge in [0.05, 0.1) is 6.54 Å². The molecule has 19 heavy (non-hydrogen) atoms. The second-order valence-corrected chi connectivity index (χ2v) is 5.00. The zero-order valence-corrected chi connectivity index (χ0v) is 11.4. The van der Waals surface area contributed by atoms with E-state index in [4.69, 9.17) is 10.5 Å². The summed E-state index contributed by atoms with van der Waals surface area (Å²) in [5, 5.41) is 1.96. The SMILES string of the molecule is Cc1ccc(OCc2cc(C#CCN)cs2)cc1F. The van der Waals surface area contributed by atoms with Crippen LogP contribution in [-0.2, 0) is 6.61 Å². The van der Waals surface area contributed by atoms with E-state index in [-0.39, 0.29) is 5.82 Å². The number of ether oxygens (including phenoxy) is 1. The van der Waals surface area contributed by atoms with Crippen molar-refractivity contribution in [3.05, 3.63) is 51.5 Å². The molecule has 4 heteroatoms. The maximum Gasteiger partial charge on any atom is 0.129 e. The Hall–Kier alpha value is -1.83. The van der Waals surface area contributed by atoms with Crippen LogP contribution in [0.4, 0.5) is 4.39 Å². The Balaban J connectivity index is 1.98. The lowest BCUT2D eigenvalue weighted by Gasteiger charge is -2.05. The Bertz CT molecular complexity index is 625. The molecule has 0 saturated heterocycles. The average molecular weight is 275 g/mol. The van der Waals surface area contributed by atoms with Gasteiger partial charge in [-0.1, -0.05) is 17.9 Å². The number of nitrogens with two attached hydrogens (primary N) is 1. The van der Waals surface area contributed by atoms with E-state index in [0.29, 0.717) is 24.5 Å². The molecule has 1 aromatic carbocycles. The van der Waals surface area contributed by atoms with E-state index in [1.54, 1.807) is 30.4 Å². The van der Waals surface area contributed by atoms with Gasteiger partial charge in [-0.2, -0.15) is 0 Å². The largest absolute Gasteiger partial charge is 0.488 e. The van der Waals surface area contributed by atoms with Crippen LogP contribution in [0.2, 0.25) is 0 Å². The molecular formula is C15H14FNOS. The van der Waals surface area contributed by atoms with E-state index < -0.39 is 0 Å². The van der Waals surface area contributed by atoms with Gasteiger partial charge in [-0.15, -0.1) is 11.3 Å². The summed E-state index contributed by atoms with van der Waals surface area (Å²) in [4.78, 5) is 1.04. The Morgan fingerprint density at radius 3 is 2.95 bits per heavy atom. The molecular weight excluding hydrogens is 261 g/mol. The van der Waals surface area contributed by atoms with E-state index in [1.165, 1.54) is 6.07 Å². The number of halogens is 1. The summed E-state index contributed by atoms with van der Waals surface area (Å²) in [6.45, 7) is 2.49. The highest BCUT2D eigenvalue weighted by atomic mass is 32.1. The van der Waals surface area contributed by atoms with Crippen LogP contribution in [0.15, 0.2) is 29.6 Å². The summed E-state index contributed by atoms with van der Waals surface area (Å²) in [5.74, 6) is 6.04. The molecule has 0 amide bonds. The minimum atomic E-state index is -0.252. The van der Waals surface area contributed by atoms with Gasteiger partial charge in [-0.05, 0) is 24.6 Å². The van der Waals surface area contributed by atoms with Gasteiger partial charge in [-0.25, -0.2) is 4.39 Å². The van der Waals surface area contributed by atoms with Crippen molar-refractivity contribution in [1.29, 1.82) is 0 Å². The summed E-state index contributed by atoms with van der Waals surface area (Å²) in [6.07, 6.45) is 0. The quantitative estimate of drug-likeness (QED) is 0.874. The zero-order valence-electron chi connectivity index (χ0n) is 10.6. The lowest BCUT2D eigenvalue weighted by molar-refractivity contribution is 0.308. The van der Waals surface area contributed by atoms with Crippen molar-refractivity contribution < 1.29 is 9.13 Å². The van der Waals surface area contributed by atoms with Crippen LogP contribution in [0.1, 0.15) is 16.0 Å². The molecule has 0 aliphatic heterocycles. The van der Waals surface area contributed by atoms with E-state index in [0.717, 1.165) is 10.4 Å². The Kier molecular flexibility index (Phi) is 4.56. The number of hydrogen-bond acceptors (Lipinski definition) is 3. The van der Waals surface area contributed by atoms with Gasteiger partial charge in [0.1, 0.15) is 18.2 Å². The lowest BCUT2D eigenvalue weighted by Crippen LogP contribution is -1.94. The molecule has 0 atom stereocenters. The van der Waals surface area contributed by atoms with E-state index >= 15 is 0 Å². The van der Waals surface area contributed by atoms with Gasteiger partial charge in [-0.3, -0.25) is 0 Å². The van der Waals surface area contributed by atoms with E-state index in [2.05, 4.69) is 11.8 Å². The Morgan fingerprint density at radius 2 is 2.21 bits per heavy atom. The van der Waals surface area contributed by atoms with Gasteiger partial charge in [0.2, 0.25) is 0 Å². The average Bonchev–Trinajstić information content (AvgIpc) is 2.86. The third-order valence-corrected chi connectivity index (χ3v) is 3.42. The van der Waals surface area contributed by atoms with Gasteiger partial charge in [0, 0.05) is 21.9 Å². The van der Waals surface area contributed by atoms with E-state index in [9.17, 15) is 4.39 Å². The highest BCUT2D eigenvalue weighted by molar-refractivity contribution is 7.10. The van der Waals surface area contributed by atoms with Crippen molar-refractivity contribution in [2.75, 3.05) is 6.54 Å². The first-order chi connectivity index (χ1) is 9.19. The molecule has 2 aromatic rings. The molecule has 2 nitrogen and oxygen atoms in total. The number of thiophene rings is 1. The van der Waals surface area contributed by atoms with Crippen molar-refractivity contribution in [2.24, 2.45) is 5.73 Å². The summed E-state index contributed by atoms with van der Waals surface area (Å²) in [5.41, 5.74) is 6.86. The summed E-state index contributed by atoms with van der Waals surface area (Å²) in [7, 11) is 0. The maximum atomic E-state index is 13.3. The fourth-order valence-electron chi connectivity index (χ4n) is 1.49. The minimum absolute atomic E-state index is 0.252. The normalized spacial score (nSPS) is 9.84. The first-order valence-corrected chi connectivity index (χ1v) is 6.72. The predicted molar refractivity (Wildman–Crippen MR) is 75.7 cm³/mol. The molecule has 98 valence electrons.